The molecule has 5 heteroatoms. The molecule has 1 heterocycles. The number of nitrogens with one attached hydrogen (secondary N) is 1. The molecule has 1 aliphatic rings. The number of pyridine rings is 1. The predicted octanol–water partition coefficient (Wildman–Crippen LogP) is 1.03. The summed E-state index contributed by atoms with van der Waals surface area (Å²) in [5.41, 5.74) is 2.48. The van der Waals surface area contributed by atoms with Crippen molar-refractivity contribution in [2.24, 2.45) is 0 Å². The fourth-order valence-electron chi connectivity index (χ4n) is 1.88. The van der Waals surface area contributed by atoms with E-state index in [0.29, 0.717) is 6.54 Å². The molecule has 0 spiro atoms. The third-order valence-corrected chi connectivity index (χ3v) is 3.65. The Morgan fingerprint density at radius 3 is 2.94 bits per heavy atom. The number of rotatable bonds is 4. The van der Waals surface area contributed by atoms with Crippen LogP contribution in [0.3, 0.4) is 0 Å². The lowest BCUT2D eigenvalue weighted by Crippen LogP contribution is -2.15. The number of nitrogens with zero attached hydrogens (tertiary/aromatic N) is 1. The first kappa shape index (κ1) is 11.4. The minimum atomic E-state index is -2.90. The Balaban J connectivity index is 1.95. The van der Waals surface area contributed by atoms with Crippen LogP contribution in [0.15, 0.2) is 12.1 Å². The summed E-state index contributed by atoms with van der Waals surface area (Å²) in [7, 11) is -2.90. The van der Waals surface area contributed by atoms with E-state index in [4.69, 9.17) is 0 Å². The molecule has 1 aliphatic carbocycles. The van der Waals surface area contributed by atoms with Crippen LogP contribution in [0.25, 0.3) is 0 Å². The Hall–Kier alpha value is -1.10. The third-order valence-electron chi connectivity index (χ3n) is 2.71. The Morgan fingerprint density at radius 1 is 1.38 bits per heavy atom. The van der Waals surface area contributed by atoms with E-state index >= 15 is 0 Å². The number of aromatic nitrogens is 1. The van der Waals surface area contributed by atoms with Gasteiger partial charge in [0.25, 0.3) is 0 Å². The molecule has 0 aliphatic heterocycles. The summed E-state index contributed by atoms with van der Waals surface area (Å²) < 4.78 is 21.9. The summed E-state index contributed by atoms with van der Waals surface area (Å²) in [5.74, 6) is 0.926. The number of sulfone groups is 1. The van der Waals surface area contributed by atoms with Gasteiger partial charge in [-0.15, -0.1) is 0 Å². The standard InChI is InChI=1S/C11H16N2O2S/c1-16(14,15)8-7-12-11-6-5-9-3-2-4-10(9)13-11/h5-6H,2-4,7-8H2,1H3,(H,12,13). The molecule has 16 heavy (non-hydrogen) atoms. The third kappa shape index (κ3) is 2.95. The van der Waals surface area contributed by atoms with E-state index in [-0.39, 0.29) is 5.75 Å². The lowest BCUT2D eigenvalue weighted by molar-refractivity contribution is 0.602. The zero-order valence-electron chi connectivity index (χ0n) is 9.36. The molecule has 1 aromatic rings. The lowest BCUT2D eigenvalue weighted by atomic mass is 10.2. The highest BCUT2D eigenvalue weighted by Gasteiger charge is 2.12. The average Bonchev–Trinajstić information content (AvgIpc) is 2.62. The van der Waals surface area contributed by atoms with Gasteiger partial charge in [0.15, 0.2) is 0 Å². The van der Waals surface area contributed by atoms with E-state index in [2.05, 4.69) is 16.4 Å². The normalized spacial score (nSPS) is 14.8. The van der Waals surface area contributed by atoms with Crippen LogP contribution >= 0.6 is 0 Å². The molecule has 1 N–H and O–H groups in total. The number of fused-ring (bicyclic) bond motifs is 1. The van der Waals surface area contributed by atoms with Crippen molar-refractivity contribution in [1.82, 2.24) is 4.98 Å². The highest BCUT2D eigenvalue weighted by Crippen LogP contribution is 2.21. The van der Waals surface area contributed by atoms with Gasteiger partial charge in [0.2, 0.25) is 0 Å². The van der Waals surface area contributed by atoms with Crippen LogP contribution in [0, 0.1) is 0 Å². The topological polar surface area (TPSA) is 59.1 Å². The van der Waals surface area contributed by atoms with Crippen molar-refractivity contribution >= 4 is 15.7 Å². The maximum absolute atomic E-state index is 10.9. The molecule has 2 rings (SSSR count). The van der Waals surface area contributed by atoms with Gasteiger partial charge in [-0.1, -0.05) is 6.07 Å². The maximum atomic E-state index is 10.9. The number of hydrogen-bond donors (Lipinski definition) is 1. The van der Waals surface area contributed by atoms with E-state index in [1.165, 1.54) is 18.2 Å². The smallest absolute Gasteiger partial charge is 0.149 e. The molecular weight excluding hydrogens is 224 g/mol. The van der Waals surface area contributed by atoms with Crippen molar-refractivity contribution in [2.45, 2.75) is 19.3 Å². The van der Waals surface area contributed by atoms with Crippen LogP contribution < -0.4 is 5.32 Å². The van der Waals surface area contributed by atoms with Crippen LogP contribution in [0.4, 0.5) is 5.82 Å². The van der Waals surface area contributed by atoms with Crippen LogP contribution in [0.5, 0.6) is 0 Å². The molecule has 0 saturated carbocycles. The Morgan fingerprint density at radius 2 is 2.19 bits per heavy atom. The largest absolute Gasteiger partial charge is 0.369 e. The van der Waals surface area contributed by atoms with Gasteiger partial charge in [0.05, 0.1) is 5.75 Å². The lowest BCUT2D eigenvalue weighted by Gasteiger charge is -2.06. The first-order valence-corrected chi connectivity index (χ1v) is 7.51. The highest BCUT2D eigenvalue weighted by molar-refractivity contribution is 7.90. The van der Waals surface area contributed by atoms with Crippen LogP contribution in [0.1, 0.15) is 17.7 Å². The first-order chi connectivity index (χ1) is 7.54. The van der Waals surface area contributed by atoms with Crippen molar-refractivity contribution in [3.8, 4) is 0 Å². The maximum Gasteiger partial charge on any atom is 0.149 e. The molecule has 0 radical (unpaired) electrons. The molecule has 1 aromatic heterocycles. The number of anilines is 1. The second-order valence-electron chi connectivity index (χ2n) is 4.21. The van der Waals surface area contributed by atoms with Crippen molar-refractivity contribution in [2.75, 3.05) is 23.9 Å². The van der Waals surface area contributed by atoms with E-state index in [0.717, 1.165) is 24.4 Å². The summed E-state index contributed by atoms with van der Waals surface area (Å²) in [6.07, 6.45) is 4.57. The Labute approximate surface area is 96.0 Å². The van der Waals surface area contributed by atoms with Crippen molar-refractivity contribution in [1.29, 1.82) is 0 Å². The molecule has 0 unspecified atom stereocenters. The first-order valence-electron chi connectivity index (χ1n) is 5.45. The molecule has 88 valence electrons. The summed E-state index contributed by atoms with van der Waals surface area (Å²) in [6, 6.07) is 4.00. The molecule has 0 atom stereocenters. The number of hydrogen-bond acceptors (Lipinski definition) is 4. The van der Waals surface area contributed by atoms with Gasteiger partial charge in [-0.3, -0.25) is 0 Å². The van der Waals surface area contributed by atoms with Gasteiger partial charge in [0.1, 0.15) is 15.7 Å². The summed E-state index contributed by atoms with van der Waals surface area (Å²) >= 11 is 0. The average molecular weight is 240 g/mol. The molecule has 0 fully saturated rings. The van der Waals surface area contributed by atoms with Gasteiger partial charge >= 0.3 is 0 Å². The molecule has 0 saturated heterocycles. The predicted molar refractivity (Wildman–Crippen MR) is 64.5 cm³/mol. The molecule has 4 nitrogen and oxygen atoms in total. The number of aryl methyl sites for hydroxylation is 2. The van der Waals surface area contributed by atoms with E-state index in [1.807, 2.05) is 6.07 Å². The fraction of sp³-hybridized carbons (Fsp3) is 0.545. The molecule has 0 bridgehead atoms. The monoisotopic (exact) mass is 240 g/mol. The minimum Gasteiger partial charge on any atom is -0.369 e. The quantitative estimate of drug-likeness (QED) is 0.854. The summed E-state index contributed by atoms with van der Waals surface area (Å²) in [5, 5.41) is 3.04. The van der Waals surface area contributed by atoms with E-state index in [1.54, 1.807) is 0 Å². The molecule has 0 amide bonds. The van der Waals surface area contributed by atoms with Gasteiger partial charge in [-0.25, -0.2) is 13.4 Å². The fourth-order valence-corrected chi connectivity index (χ4v) is 2.36. The van der Waals surface area contributed by atoms with Crippen molar-refractivity contribution < 1.29 is 8.42 Å². The second-order valence-corrected chi connectivity index (χ2v) is 6.47. The van der Waals surface area contributed by atoms with Crippen LogP contribution in [0.2, 0.25) is 0 Å². The van der Waals surface area contributed by atoms with Crippen molar-refractivity contribution in [3.05, 3.63) is 23.4 Å². The molecular formula is C11H16N2O2S. The van der Waals surface area contributed by atoms with Gasteiger partial charge in [0, 0.05) is 18.5 Å². The van der Waals surface area contributed by atoms with Gasteiger partial charge in [-0.05, 0) is 30.9 Å². The van der Waals surface area contributed by atoms with Gasteiger partial charge < -0.3 is 5.32 Å². The minimum absolute atomic E-state index is 0.145. The zero-order valence-corrected chi connectivity index (χ0v) is 10.2. The van der Waals surface area contributed by atoms with E-state index in [9.17, 15) is 8.42 Å². The van der Waals surface area contributed by atoms with Gasteiger partial charge in [-0.2, -0.15) is 0 Å². The van der Waals surface area contributed by atoms with Crippen molar-refractivity contribution in [3.63, 3.8) is 0 Å². The molecule has 0 aromatic carbocycles. The Kier molecular flexibility index (Phi) is 3.14. The second kappa shape index (κ2) is 4.41. The summed E-state index contributed by atoms with van der Waals surface area (Å²) in [6.45, 7) is 0.421. The highest BCUT2D eigenvalue weighted by atomic mass is 32.2. The zero-order chi connectivity index (χ0) is 11.6. The van der Waals surface area contributed by atoms with Crippen LogP contribution in [-0.2, 0) is 22.7 Å². The van der Waals surface area contributed by atoms with Crippen LogP contribution in [-0.4, -0.2) is 32.0 Å². The summed E-state index contributed by atoms with van der Waals surface area (Å²) in [4.78, 5) is 4.47. The van der Waals surface area contributed by atoms with E-state index < -0.39 is 9.84 Å². The Bertz CT molecular complexity index is 483. The SMILES string of the molecule is CS(=O)(=O)CCNc1ccc2c(n1)CCC2.